The van der Waals surface area contributed by atoms with Crippen LogP contribution in [-0.4, -0.2) is 46.5 Å². The molecule has 6 nitrogen and oxygen atoms in total. The lowest BCUT2D eigenvalue weighted by Crippen LogP contribution is -2.47. The first-order valence-electron chi connectivity index (χ1n) is 6.70. The first-order valence-corrected chi connectivity index (χ1v) is 6.70. The van der Waals surface area contributed by atoms with Gasteiger partial charge >= 0.3 is 11.9 Å². The molecular weight excluding hydrogens is 262 g/mol. The zero-order valence-electron chi connectivity index (χ0n) is 13.1. The van der Waals surface area contributed by atoms with Crippen LogP contribution < -0.4 is 0 Å². The van der Waals surface area contributed by atoms with Crippen molar-refractivity contribution in [2.24, 2.45) is 5.92 Å². The Morgan fingerprint density at radius 3 is 2.10 bits per heavy atom. The van der Waals surface area contributed by atoms with Gasteiger partial charge in [-0.15, -0.1) is 0 Å². The molecule has 0 aromatic heterocycles. The van der Waals surface area contributed by atoms with Crippen molar-refractivity contribution in [2.45, 2.75) is 59.1 Å². The molecule has 116 valence electrons. The van der Waals surface area contributed by atoms with E-state index in [2.05, 4.69) is 0 Å². The van der Waals surface area contributed by atoms with Gasteiger partial charge in [-0.25, -0.2) is 4.79 Å². The van der Waals surface area contributed by atoms with Crippen molar-refractivity contribution in [1.82, 2.24) is 4.90 Å². The van der Waals surface area contributed by atoms with E-state index in [1.165, 1.54) is 7.05 Å². The third-order valence-electron chi connectivity index (χ3n) is 2.96. The zero-order chi connectivity index (χ0) is 16.1. The summed E-state index contributed by atoms with van der Waals surface area (Å²) in [5.74, 6) is -2.46. The number of esters is 1. The molecule has 1 amide bonds. The summed E-state index contributed by atoms with van der Waals surface area (Å²) in [5.41, 5.74) is -0.668. The quantitative estimate of drug-likeness (QED) is 0.593. The predicted molar refractivity (Wildman–Crippen MR) is 74.1 cm³/mol. The van der Waals surface area contributed by atoms with Crippen LogP contribution in [0.15, 0.2) is 0 Å². The average molecular weight is 287 g/mol. The van der Waals surface area contributed by atoms with E-state index in [1.807, 2.05) is 6.92 Å². The Morgan fingerprint density at radius 2 is 1.75 bits per heavy atom. The van der Waals surface area contributed by atoms with Crippen LogP contribution in [0.2, 0.25) is 0 Å². The summed E-state index contributed by atoms with van der Waals surface area (Å²) in [5, 5.41) is 9.20. The predicted octanol–water partition coefficient (Wildman–Crippen LogP) is 1.68. The number of hydrogen-bond donors (Lipinski definition) is 1. The fraction of sp³-hybridized carbons (Fsp3) is 0.786. The smallest absolute Gasteiger partial charge is 0.326 e. The monoisotopic (exact) mass is 287 g/mol. The number of carboxylic acid groups (broad SMARTS) is 1. The highest BCUT2D eigenvalue weighted by Gasteiger charge is 2.32. The van der Waals surface area contributed by atoms with Gasteiger partial charge in [-0.3, -0.25) is 9.59 Å². The fourth-order valence-corrected chi connectivity index (χ4v) is 1.79. The number of aliphatic carboxylic acids is 1. The lowest BCUT2D eigenvalue weighted by molar-refractivity contribution is -0.161. The molecule has 0 rings (SSSR count). The number of hydrogen-bond acceptors (Lipinski definition) is 4. The largest absolute Gasteiger partial charge is 0.480 e. The number of carboxylic acids is 1. The summed E-state index contributed by atoms with van der Waals surface area (Å²) in [6.45, 7) is 8.73. The van der Waals surface area contributed by atoms with Gasteiger partial charge in [0.25, 0.3) is 0 Å². The van der Waals surface area contributed by atoms with Crippen molar-refractivity contribution in [3.8, 4) is 0 Å². The van der Waals surface area contributed by atoms with E-state index in [0.29, 0.717) is 6.42 Å². The normalized spacial score (nSPS) is 14.3. The summed E-state index contributed by atoms with van der Waals surface area (Å²) in [4.78, 5) is 35.9. The Kier molecular flexibility index (Phi) is 6.68. The van der Waals surface area contributed by atoms with E-state index in [0.717, 1.165) is 4.90 Å². The SMILES string of the molecule is CCC(C)C(C(=O)O)N(C)C(=O)CC(=O)OC(C)(C)C. The molecule has 0 spiro atoms. The van der Waals surface area contributed by atoms with E-state index in [1.54, 1.807) is 27.7 Å². The van der Waals surface area contributed by atoms with Crippen LogP contribution in [0.25, 0.3) is 0 Å². The highest BCUT2D eigenvalue weighted by molar-refractivity contribution is 5.96. The molecule has 2 unspecified atom stereocenters. The molecule has 0 radical (unpaired) electrons. The van der Waals surface area contributed by atoms with Crippen LogP contribution in [0.5, 0.6) is 0 Å². The van der Waals surface area contributed by atoms with Crippen LogP contribution in [0, 0.1) is 5.92 Å². The Hall–Kier alpha value is -1.59. The van der Waals surface area contributed by atoms with Gasteiger partial charge in [0.05, 0.1) is 0 Å². The summed E-state index contributed by atoms with van der Waals surface area (Å²) < 4.78 is 5.05. The van der Waals surface area contributed by atoms with Gasteiger partial charge in [-0.05, 0) is 26.7 Å². The van der Waals surface area contributed by atoms with Crippen molar-refractivity contribution in [2.75, 3.05) is 7.05 Å². The van der Waals surface area contributed by atoms with Crippen molar-refractivity contribution in [3.05, 3.63) is 0 Å². The average Bonchev–Trinajstić information content (AvgIpc) is 2.25. The molecule has 0 aliphatic rings. The maximum absolute atomic E-state index is 12.0. The number of nitrogens with zero attached hydrogens (tertiary/aromatic N) is 1. The van der Waals surface area contributed by atoms with Crippen LogP contribution in [0.1, 0.15) is 47.5 Å². The summed E-state index contributed by atoms with van der Waals surface area (Å²) >= 11 is 0. The van der Waals surface area contributed by atoms with Crippen molar-refractivity contribution in [3.63, 3.8) is 0 Å². The van der Waals surface area contributed by atoms with E-state index in [4.69, 9.17) is 4.74 Å². The number of ether oxygens (including phenoxy) is 1. The van der Waals surface area contributed by atoms with Crippen molar-refractivity contribution >= 4 is 17.8 Å². The molecule has 0 aromatic rings. The molecule has 0 heterocycles. The maximum atomic E-state index is 12.0. The van der Waals surface area contributed by atoms with Crippen molar-refractivity contribution < 1.29 is 24.2 Å². The van der Waals surface area contributed by atoms with Crippen LogP contribution in [0.3, 0.4) is 0 Å². The Bertz CT molecular complexity index is 372. The van der Waals surface area contributed by atoms with Gasteiger partial charge in [-0.2, -0.15) is 0 Å². The minimum atomic E-state index is -1.07. The maximum Gasteiger partial charge on any atom is 0.326 e. The van der Waals surface area contributed by atoms with Gasteiger partial charge in [0.1, 0.15) is 18.1 Å². The highest BCUT2D eigenvalue weighted by Crippen LogP contribution is 2.16. The molecule has 0 bridgehead atoms. The minimum Gasteiger partial charge on any atom is -0.480 e. The Balaban J connectivity index is 4.75. The topological polar surface area (TPSA) is 83.9 Å². The third kappa shape index (κ3) is 6.04. The molecule has 0 fully saturated rings. The molecule has 0 saturated carbocycles. The molecule has 6 heteroatoms. The zero-order valence-corrected chi connectivity index (χ0v) is 13.1. The second-order valence-electron chi connectivity index (χ2n) is 5.94. The molecule has 20 heavy (non-hydrogen) atoms. The Morgan fingerprint density at radius 1 is 1.25 bits per heavy atom. The number of amides is 1. The lowest BCUT2D eigenvalue weighted by Gasteiger charge is -2.29. The van der Waals surface area contributed by atoms with Gasteiger partial charge in [0.2, 0.25) is 5.91 Å². The number of likely N-dealkylation sites (N-methyl/N-ethyl adjacent to an activating group) is 1. The minimum absolute atomic E-state index is 0.194. The summed E-state index contributed by atoms with van der Waals surface area (Å²) in [6.07, 6.45) is 0.176. The van der Waals surface area contributed by atoms with Gasteiger partial charge < -0.3 is 14.7 Å². The lowest BCUT2D eigenvalue weighted by atomic mass is 9.98. The second-order valence-corrected chi connectivity index (χ2v) is 5.94. The first-order chi connectivity index (χ1) is 8.99. The first kappa shape index (κ1) is 18.4. The molecule has 1 N–H and O–H groups in total. The van der Waals surface area contributed by atoms with Gasteiger partial charge in [-0.1, -0.05) is 20.3 Å². The molecule has 0 saturated heterocycles. The van der Waals surface area contributed by atoms with Crippen molar-refractivity contribution in [1.29, 1.82) is 0 Å². The van der Waals surface area contributed by atoms with E-state index < -0.39 is 35.9 Å². The fourth-order valence-electron chi connectivity index (χ4n) is 1.79. The van der Waals surface area contributed by atoms with Gasteiger partial charge in [0, 0.05) is 7.05 Å². The number of carbonyl (C=O) groups excluding carboxylic acids is 2. The van der Waals surface area contributed by atoms with Crippen LogP contribution in [-0.2, 0) is 19.1 Å². The molecule has 2 atom stereocenters. The highest BCUT2D eigenvalue weighted by atomic mass is 16.6. The van der Waals surface area contributed by atoms with E-state index in [9.17, 15) is 19.5 Å². The standard InChI is InChI=1S/C14H25NO5/c1-7-9(2)12(13(18)19)15(6)10(16)8-11(17)20-14(3,4)5/h9,12H,7-8H2,1-6H3,(H,18,19). The van der Waals surface area contributed by atoms with Crippen LogP contribution in [0.4, 0.5) is 0 Å². The van der Waals surface area contributed by atoms with E-state index >= 15 is 0 Å². The molecular formula is C14H25NO5. The number of carbonyl (C=O) groups is 3. The second kappa shape index (κ2) is 7.26. The molecule has 0 aromatic carbocycles. The molecule has 0 aliphatic carbocycles. The van der Waals surface area contributed by atoms with E-state index in [-0.39, 0.29) is 5.92 Å². The summed E-state index contributed by atoms with van der Waals surface area (Å²) in [6, 6.07) is -0.935. The van der Waals surface area contributed by atoms with Crippen LogP contribution >= 0.6 is 0 Å². The third-order valence-corrected chi connectivity index (χ3v) is 2.96. The summed E-state index contributed by atoms with van der Waals surface area (Å²) in [7, 11) is 1.40. The molecule has 0 aliphatic heterocycles. The number of rotatable bonds is 6. The Labute approximate surface area is 120 Å². The van der Waals surface area contributed by atoms with Gasteiger partial charge in [0.15, 0.2) is 0 Å².